The van der Waals surface area contributed by atoms with Crippen LogP contribution in [0.2, 0.25) is 0 Å². The Morgan fingerprint density at radius 3 is 2.42 bits per heavy atom. The molecule has 3 rings (SSSR count). The maximum absolute atomic E-state index is 13.8. The maximum atomic E-state index is 13.8. The van der Waals surface area contributed by atoms with Gasteiger partial charge >= 0.3 is 0 Å². The third-order valence-electron chi connectivity index (χ3n) is 7.05. The summed E-state index contributed by atoms with van der Waals surface area (Å²) in [5, 5.41) is 0.581. The molecule has 0 fully saturated rings. The fourth-order valence-corrected chi connectivity index (χ4v) is 4.55. The van der Waals surface area contributed by atoms with Crippen molar-refractivity contribution in [3.05, 3.63) is 77.5 Å². The molecule has 2 aromatic rings. The van der Waals surface area contributed by atoms with E-state index in [-0.39, 0.29) is 5.92 Å². The van der Waals surface area contributed by atoms with Crippen LogP contribution in [-0.4, -0.2) is 33.3 Å². The molecule has 0 amide bonds. The molecule has 1 aliphatic heterocycles. The zero-order valence-corrected chi connectivity index (χ0v) is 24.5. The number of nitrogens with two attached hydrogens (primary N) is 1. The number of nitrogens with zero attached hydrogens (tertiary/aromatic N) is 4. The van der Waals surface area contributed by atoms with Crippen LogP contribution in [0.4, 0.5) is 8.78 Å². The fourth-order valence-electron chi connectivity index (χ4n) is 4.50. The number of aliphatic imine (C=N–C) groups is 1. The Kier molecular flexibility index (Phi) is 11.0. The summed E-state index contributed by atoms with van der Waals surface area (Å²) in [6, 6.07) is 3.96. The van der Waals surface area contributed by atoms with Gasteiger partial charge in [-0.2, -0.15) is 0 Å². The molecule has 1 unspecified atom stereocenters. The molecule has 0 aliphatic carbocycles. The summed E-state index contributed by atoms with van der Waals surface area (Å²) in [5.41, 5.74) is 9.73. The van der Waals surface area contributed by atoms with Crippen molar-refractivity contribution >= 4 is 17.3 Å². The van der Waals surface area contributed by atoms with E-state index >= 15 is 0 Å². The maximum Gasteiger partial charge on any atom is 0.159 e. The number of allylic oxidation sites excluding steroid dienone is 2. The van der Waals surface area contributed by atoms with Crippen molar-refractivity contribution in [2.75, 3.05) is 13.1 Å². The van der Waals surface area contributed by atoms with Gasteiger partial charge in [0.25, 0.3) is 0 Å². The Hall–Kier alpha value is -2.77. The number of imidazole rings is 1. The van der Waals surface area contributed by atoms with Crippen LogP contribution < -0.4 is 5.73 Å². The summed E-state index contributed by atoms with van der Waals surface area (Å²) in [7, 11) is 0. The third kappa shape index (κ3) is 7.00. The minimum Gasteiger partial charge on any atom is -0.360 e. The molecule has 1 aromatic carbocycles. The number of hydrogen-bond donors (Lipinski definition) is 1. The second kappa shape index (κ2) is 13.3. The van der Waals surface area contributed by atoms with E-state index in [0.717, 1.165) is 48.5 Å². The molecular weight excluding hydrogens is 504 g/mol. The first kappa shape index (κ1) is 31.4. The van der Waals surface area contributed by atoms with E-state index in [1.54, 1.807) is 18.3 Å². The second-order valence-electron chi connectivity index (χ2n) is 10.4. The van der Waals surface area contributed by atoms with Crippen LogP contribution >= 0.6 is 11.6 Å². The Bertz CT molecular complexity index is 1210. The molecule has 1 aromatic heterocycles. The van der Waals surface area contributed by atoms with Crippen LogP contribution in [0.3, 0.4) is 0 Å². The van der Waals surface area contributed by atoms with E-state index in [1.165, 1.54) is 6.07 Å². The summed E-state index contributed by atoms with van der Waals surface area (Å²) in [6.07, 6.45) is 4.32. The minimum absolute atomic E-state index is 0.194. The number of fused-ring (bicyclic) bond motifs is 1. The van der Waals surface area contributed by atoms with Gasteiger partial charge in [-0.1, -0.05) is 52.5 Å². The third-order valence-corrected chi connectivity index (χ3v) is 7.30. The van der Waals surface area contributed by atoms with Crippen molar-refractivity contribution in [1.82, 2.24) is 14.5 Å². The molecule has 1 atom stereocenters. The summed E-state index contributed by atoms with van der Waals surface area (Å²) in [4.78, 5) is 11.3. The zero-order chi connectivity index (χ0) is 28.8. The van der Waals surface area contributed by atoms with Crippen LogP contribution in [0.25, 0.3) is 11.3 Å². The highest BCUT2D eigenvalue weighted by atomic mass is 35.5. The van der Waals surface area contributed by atoms with Gasteiger partial charge in [-0.25, -0.2) is 13.8 Å². The minimum atomic E-state index is -0.861. The molecule has 5 nitrogen and oxygen atoms in total. The highest BCUT2D eigenvalue weighted by Gasteiger charge is 2.39. The number of aromatic nitrogens is 2. The molecule has 8 heteroatoms. The first-order chi connectivity index (χ1) is 17.8. The van der Waals surface area contributed by atoms with Gasteiger partial charge in [0.15, 0.2) is 11.6 Å². The van der Waals surface area contributed by atoms with Gasteiger partial charge in [0.05, 0.1) is 16.3 Å². The van der Waals surface area contributed by atoms with Crippen molar-refractivity contribution in [2.24, 2.45) is 16.6 Å². The molecule has 0 saturated heterocycles. The molecule has 0 spiro atoms. The standard InChI is InChI=1S/C20H26F2N4.C10H16ClN/c1-12(2)18-17(14-6-7-15(21)16(22)10-14)24-19-20(4,5)26(13(3)11-23)9-8-25(18)19;1-5-8(3)9(4)12-7-10(11)6-2/h6-7,10,12H,3,8-9,11,23H2,1-2,4-5H3;6-8H,2,5H2,1,3-4H3/b;10-7+,12-9?. The van der Waals surface area contributed by atoms with Gasteiger partial charge in [-0.3, -0.25) is 4.99 Å². The van der Waals surface area contributed by atoms with E-state index < -0.39 is 17.2 Å². The first-order valence-electron chi connectivity index (χ1n) is 13.0. The van der Waals surface area contributed by atoms with E-state index in [1.807, 2.05) is 6.92 Å². The van der Waals surface area contributed by atoms with Gasteiger partial charge in [0.2, 0.25) is 0 Å². The second-order valence-corrected chi connectivity index (χ2v) is 10.8. The predicted octanol–water partition coefficient (Wildman–Crippen LogP) is 7.73. The lowest BCUT2D eigenvalue weighted by Gasteiger charge is -2.45. The zero-order valence-electron chi connectivity index (χ0n) is 23.8. The van der Waals surface area contributed by atoms with Crippen LogP contribution in [0.5, 0.6) is 0 Å². The molecule has 208 valence electrons. The summed E-state index contributed by atoms with van der Waals surface area (Å²) >= 11 is 5.69. The van der Waals surface area contributed by atoms with Crippen LogP contribution in [-0.2, 0) is 12.1 Å². The van der Waals surface area contributed by atoms with Crippen molar-refractivity contribution in [3.63, 3.8) is 0 Å². The number of halogens is 3. The molecule has 1 aliphatic rings. The van der Waals surface area contributed by atoms with Crippen LogP contribution in [0.15, 0.2) is 59.4 Å². The van der Waals surface area contributed by atoms with Crippen molar-refractivity contribution < 1.29 is 8.78 Å². The number of benzene rings is 1. The van der Waals surface area contributed by atoms with Crippen molar-refractivity contribution in [1.29, 1.82) is 0 Å². The van der Waals surface area contributed by atoms with Crippen LogP contribution in [0.1, 0.15) is 72.3 Å². The molecule has 0 saturated carbocycles. The average molecular weight is 546 g/mol. The van der Waals surface area contributed by atoms with Gasteiger partial charge in [0.1, 0.15) is 5.82 Å². The SMILES string of the molecule is C=C(CN)N1CCn2c(nc(-c3ccc(F)c(F)c3)c2C(C)C)C1(C)C.C=C/C(Cl)=C\N=C(C)C(C)CC. The van der Waals surface area contributed by atoms with Gasteiger partial charge in [-0.05, 0) is 63.3 Å². The topological polar surface area (TPSA) is 59.4 Å². The molecule has 2 heterocycles. The lowest BCUT2D eigenvalue weighted by molar-refractivity contribution is 0.116. The molecule has 38 heavy (non-hydrogen) atoms. The largest absolute Gasteiger partial charge is 0.360 e. The fraction of sp³-hybridized carbons (Fsp3) is 0.467. The van der Waals surface area contributed by atoms with Gasteiger partial charge in [-0.15, -0.1) is 0 Å². The summed E-state index contributed by atoms with van der Waals surface area (Å²) < 4.78 is 29.4. The van der Waals surface area contributed by atoms with Crippen LogP contribution in [0, 0.1) is 17.6 Å². The Morgan fingerprint density at radius 1 is 1.24 bits per heavy atom. The highest BCUT2D eigenvalue weighted by Crippen LogP contribution is 2.39. The smallest absolute Gasteiger partial charge is 0.159 e. The van der Waals surface area contributed by atoms with E-state index in [0.29, 0.717) is 28.8 Å². The van der Waals surface area contributed by atoms with E-state index in [4.69, 9.17) is 22.3 Å². The molecule has 0 bridgehead atoms. The Morgan fingerprint density at radius 2 is 1.89 bits per heavy atom. The molecule has 2 N–H and O–H groups in total. The van der Waals surface area contributed by atoms with Crippen molar-refractivity contribution in [3.8, 4) is 11.3 Å². The van der Waals surface area contributed by atoms with E-state index in [9.17, 15) is 8.78 Å². The quantitative estimate of drug-likeness (QED) is 0.272. The van der Waals surface area contributed by atoms with E-state index in [2.05, 4.69) is 69.2 Å². The number of rotatable bonds is 8. The average Bonchev–Trinajstić information content (AvgIpc) is 3.29. The number of hydrogen-bond acceptors (Lipinski definition) is 4. The van der Waals surface area contributed by atoms with Gasteiger partial charge < -0.3 is 15.2 Å². The Balaban J connectivity index is 0.000000358. The first-order valence-corrected chi connectivity index (χ1v) is 13.4. The lowest BCUT2D eigenvalue weighted by atomic mass is 9.97. The normalized spacial score (nSPS) is 16.1. The van der Waals surface area contributed by atoms with Gasteiger partial charge in [0, 0.05) is 48.5 Å². The predicted molar refractivity (Wildman–Crippen MR) is 156 cm³/mol. The highest BCUT2D eigenvalue weighted by molar-refractivity contribution is 6.31. The Labute approximate surface area is 231 Å². The monoisotopic (exact) mass is 545 g/mol. The lowest BCUT2D eigenvalue weighted by Crippen LogP contribution is -2.49. The van der Waals surface area contributed by atoms with Crippen molar-refractivity contribution in [2.45, 2.75) is 72.9 Å². The molecule has 0 radical (unpaired) electrons. The summed E-state index contributed by atoms with van der Waals surface area (Å²) in [6.45, 7) is 24.2. The molecular formula is C30H42ClF2N5. The summed E-state index contributed by atoms with van der Waals surface area (Å²) in [5.74, 6) is -0.105.